The van der Waals surface area contributed by atoms with Gasteiger partial charge >= 0.3 is 0 Å². The number of pyridine rings is 1. The van der Waals surface area contributed by atoms with Crippen molar-refractivity contribution in [1.29, 1.82) is 0 Å². The first-order valence-corrected chi connectivity index (χ1v) is 9.41. The number of fused-ring (bicyclic) bond motifs is 1. The molecule has 0 unspecified atom stereocenters. The van der Waals surface area contributed by atoms with Crippen LogP contribution >= 0.6 is 0 Å². The molecule has 0 aliphatic carbocycles. The zero-order valence-electron chi connectivity index (χ0n) is 13.6. The summed E-state index contributed by atoms with van der Waals surface area (Å²) in [5.74, 6) is 0.609. The molecule has 1 saturated heterocycles. The minimum Gasteiger partial charge on any atom is -0.264 e. The summed E-state index contributed by atoms with van der Waals surface area (Å²) >= 11 is 0. The largest absolute Gasteiger partial charge is 0.282 e. The maximum atomic E-state index is 12.8. The quantitative estimate of drug-likeness (QED) is 0.864. The Kier molecular flexibility index (Phi) is 4.66. The molecular formula is C17H23N3O2S. The highest BCUT2D eigenvalue weighted by Gasteiger charge is 2.30. The van der Waals surface area contributed by atoms with Gasteiger partial charge in [-0.15, -0.1) is 0 Å². The van der Waals surface area contributed by atoms with Gasteiger partial charge in [0, 0.05) is 44.5 Å². The second-order valence-corrected chi connectivity index (χ2v) is 8.39. The SMILES string of the molecule is CC1CCN(S(=O)(=O)N(C)Cc2cccc3cnccc23)CC1. The van der Waals surface area contributed by atoms with Crippen molar-refractivity contribution in [3.8, 4) is 0 Å². The highest BCUT2D eigenvalue weighted by molar-refractivity contribution is 7.86. The van der Waals surface area contributed by atoms with Crippen LogP contribution in [0.1, 0.15) is 25.3 Å². The lowest BCUT2D eigenvalue weighted by molar-refractivity contribution is 0.269. The number of piperidine rings is 1. The van der Waals surface area contributed by atoms with Crippen LogP contribution in [0, 0.1) is 5.92 Å². The molecule has 0 atom stereocenters. The lowest BCUT2D eigenvalue weighted by atomic mass is 10.0. The lowest BCUT2D eigenvalue weighted by Crippen LogP contribution is -2.45. The summed E-state index contributed by atoms with van der Waals surface area (Å²) < 4.78 is 28.6. The normalized spacial score (nSPS) is 17.9. The summed E-state index contributed by atoms with van der Waals surface area (Å²) in [5.41, 5.74) is 1.00. The predicted molar refractivity (Wildman–Crippen MR) is 92.1 cm³/mol. The van der Waals surface area contributed by atoms with Crippen molar-refractivity contribution in [3.05, 3.63) is 42.2 Å². The molecule has 3 rings (SSSR count). The van der Waals surface area contributed by atoms with Gasteiger partial charge in [0.05, 0.1) is 0 Å². The summed E-state index contributed by atoms with van der Waals surface area (Å²) in [5, 5.41) is 2.08. The zero-order chi connectivity index (χ0) is 16.4. The zero-order valence-corrected chi connectivity index (χ0v) is 14.5. The third-order valence-corrected chi connectivity index (χ3v) is 6.56. The molecule has 1 aliphatic heterocycles. The van der Waals surface area contributed by atoms with Gasteiger partial charge in [0.15, 0.2) is 0 Å². The lowest BCUT2D eigenvalue weighted by Gasteiger charge is -2.32. The van der Waals surface area contributed by atoms with Crippen LogP contribution in [0.25, 0.3) is 10.8 Å². The van der Waals surface area contributed by atoms with Gasteiger partial charge in [0.1, 0.15) is 0 Å². The maximum Gasteiger partial charge on any atom is 0.282 e. The Balaban J connectivity index is 1.81. The molecule has 5 nitrogen and oxygen atoms in total. The third kappa shape index (κ3) is 3.39. The van der Waals surface area contributed by atoms with Gasteiger partial charge in [-0.25, -0.2) is 0 Å². The van der Waals surface area contributed by atoms with Gasteiger partial charge < -0.3 is 0 Å². The van der Waals surface area contributed by atoms with Gasteiger partial charge in [-0.1, -0.05) is 25.1 Å². The molecule has 1 aromatic carbocycles. The molecule has 6 heteroatoms. The Hall–Kier alpha value is -1.50. The Morgan fingerprint density at radius 3 is 2.74 bits per heavy atom. The van der Waals surface area contributed by atoms with Crippen LogP contribution < -0.4 is 0 Å². The molecule has 0 N–H and O–H groups in total. The molecule has 2 aromatic rings. The van der Waals surface area contributed by atoms with Crippen LogP contribution in [-0.4, -0.2) is 42.1 Å². The Morgan fingerprint density at radius 1 is 1.26 bits per heavy atom. The van der Waals surface area contributed by atoms with Crippen molar-refractivity contribution >= 4 is 21.0 Å². The molecule has 0 radical (unpaired) electrons. The maximum absolute atomic E-state index is 12.8. The minimum absolute atomic E-state index is 0.371. The van der Waals surface area contributed by atoms with Crippen molar-refractivity contribution in [2.45, 2.75) is 26.3 Å². The van der Waals surface area contributed by atoms with Crippen LogP contribution in [-0.2, 0) is 16.8 Å². The van der Waals surface area contributed by atoms with E-state index in [1.54, 1.807) is 23.7 Å². The molecule has 124 valence electrons. The summed E-state index contributed by atoms with van der Waals surface area (Å²) in [6, 6.07) is 7.86. The van der Waals surface area contributed by atoms with Crippen molar-refractivity contribution < 1.29 is 8.42 Å². The van der Waals surface area contributed by atoms with Crippen molar-refractivity contribution in [2.75, 3.05) is 20.1 Å². The van der Waals surface area contributed by atoms with Crippen LogP contribution in [0.3, 0.4) is 0 Å². The minimum atomic E-state index is -3.40. The number of hydrogen-bond donors (Lipinski definition) is 0. The summed E-state index contributed by atoms with van der Waals surface area (Å²) in [7, 11) is -1.74. The fraction of sp³-hybridized carbons (Fsp3) is 0.471. The second-order valence-electron chi connectivity index (χ2n) is 6.36. The van der Waals surface area contributed by atoms with Crippen LogP contribution in [0.2, 0.25) is 0 Å². The molecular weight excluding hydrogens is 310 g/mol. The molecule has 1 fully saturated rings. The Bertz CT molecular complexity index is 778. The van der Waals surface area contributed by atoms with Gasteiger partial charge in [-0.3, -0.25) is 4.98 Å². The Morgan fingerprint density at radius 2 is 2.00 bits per heavy atom. The van der Waals surface area contributed by atoms with E-state index in [0.29, 0.717) is 25.6 Å². The molecule has 0 spiro atoms. The van der Waals surface area contributed by atoms with Gasteiger partial charge in [0.2, 0.25) is 0 Å². The third-order valence-electron chi connectivity index (χ3n) is 4.63. The van der Waals surface area contributed by atoms with E-state index in [4.69, 9.17) is 0 Å². The van der Waals surface area contributed by atoms with Crippen molar-refractivity contribution in [3.63, 3.8) is 0 Å². The molecule has 1 aromatic heterocycles. The Labute approximate surface area is 138 Å². The van der Waals surface area contributed by atoms with E-state index in [2.05, 4.69) is 11.9 Å². The number of nitrogens with zero attached hydrogens (tertiary/aromatic N) is 3. The van der Waals surface area contributed by atoms with Crippen molar-refractivity contribution in [2.24, 2.45) is 5.92 Å². The molecule has 0 bridgehead atoms. The van der Waals surface area contributed by atoms with Crippen molar-refractivity contribution in [1.82, 2.24) is 13.6 Å². The first kappa shape index (κ1) is 16.4. The standard InChI is InChI=1S/C17H23N3O2S/c1-14-7-10-20(11-8-14)23(21,22)19(2)13-16-5-3-4-15-12-18-9-6-17(15)16/h3-6,9,12,14H,7-8,10-11,13H2,1-2H3. The summed E-state index contributed by atoms with van der Waals surface area (Å²) in [6.07, 6.45) is 5.42. The van der Waals surface area contributed by atoms with E-state index in [1.807, 2.05) is 24.3 Å². The van der Waals surface area contributed by atoms with Gasteiger partial charge in [-0.2, -0.15) is 17.0 Å². The molecule has 0 amide bonds. The summed E-state index contributed by atoms with van der Waals surface area (Å²) in [6.45, 7) is 3.79. The van der Waals surface area contributed by atoms with E-state index < -0.39 is 10.2 Å². The van der Waals surface area contributed by atoms with E-state index in [-0.39, 0.29) is 0 Å². The van der Waals surface area contributed by atoms with Crippen LogP contribution in [0.4, 0.5) is 0 Å². The summed E-state index contributed by atoms with van der Waals surface area (Å²) in [4.78, 5) is 4.12. The van der Waals surface area contributed by atoms with Crippen LogP contribution in [0.5, 0.6) is 0 Å². The smallest absolute Gasteiger partial charge is 0.264 e. The first-order chi connectivity index (χ1) is 11.0. The number of rotatable bonds is 4. The van der Waals surface area contributed by atoms with Gasteiger partial charge in [-0.05, 0) is 35.8 Å². The molecule has 1 aliphatic rings. The average Bonchev–Trinajstić information content (AvgIpc) is 2.55. The molecule has 0 saturated carbocycles. The monoisotopic (exact) mass is 333 g/mol. The fourth-order valence-electron chi connectivity index (χ4n) is 3.06. The number of hydrogen-bond acceptors (Lipinski definition) is 3. The van der Waals surface area contributed by atoms with E-state index in [1.165, 1.54) is 4.31 Å². The van der Waals surface area contributed by atoms with E-state index in [0.717, 1.165) is 29.2 Å². The highest BCUT2D eigenvalue weighted by Crippen LogP contribution is 2.23. The van der Waals surface area contributed by atoms with Crippen LogP contribution in [0.15, 0.2) is 36.7 Å². The van der Waals surface area contributed by atoms with Gasteiger partial charge in [0.25, 0.3) is 10.2 Å². The van der Waals surface area contributed by atoms with E-state index >= 15 is 0 Å². The first-order valence-electron chi connectivity index (χ1n) is 8.01. The topological polar surface area (TPSA) is 53.5 Å². The molecule has 2 heterocycles. The second kappa shape index (κ2) is 6.55. The van der Waals surface area contributed by atoms with E-state index in [9.17, 15) is 8.42 Å². The molecule has 23 heavy (non-hydrogen) atoms. The predicted octanol–water partition coefficient (Wildman–Crippen LogP) is 2.64. The number of aromatic nitrogens is 1. The highest BCUT2D eigenvalue weighted by atomic mass is 32.2. The average molecular weight is 333 g/mol. The fourth-order valence-corrected chi connectivity index (χ4v) is 4.43. The number of benzene rings is 1.